The summed E-state index contributed by atoms with van der Waals surface area (Å²) in [6.07, 6.45) is 4.90. The molecule has 0 aromatic heterocycles. The second kappa shape index (κ2) is 9.26. The molecule has 0 aliphatic carbocycles. The van der Waals surface area contributed by atoms with Gasteiger partial charge < -0.3 is 15.4 Å². The molecule has 144 valence electrons. The number of methoxy groups -OCH3 is 1. The van der Waals surface area contributed by atoms with Crippen LogP contribution in [0.1, 0.15) is 38.2 Å². The fraction of sp³-hybridized carbons (Fsp3) is 0.667. The van der Waals surface area contributed by atoms with Gasteiger partial charge in [0.1, 0.15) is 5.75 Å². The van der Waals surface area contributed by atoms with Crippen molar-refractivity contribution >= 4 is 5.96 Å². The average Bonchev–Trinajstić information content (AvgIpc) is 2.68. The normalized spacial score (nSPS) is 21.2. The van der Waals surface area contributed by atoms with E-state index in [2.05, 4.69) is 28.9 Å². The van der Waals surface area contributed by atoms with Gasteiger partial charge in [-0.3, -0.25) is 9.89 Å². The van der Waals surface area contributed by atoms with Gasteiger partial charge in [0.15, 0.2) is 5.96 Å². The Morgan fingerprint density at radius 2 is 1.73 bits per heavy atom. The van der Waals surface area contributed by atoms with E-state index in [0.29, 0.717) is 5.92 Å². The van der Waals surface area contributed by atoms with E-state index in [1.165, 1.54) is 31.2 Å². The predicted molar refractivity (Wildman–Crippen MR) is 107 cm³/mol. The third-order valence-electron chi connectivity index (χ3n) is 5.89. The molecule has 5 nitrogen and oxygen atoms in total. The highest BCUT2D eigenvalue weighted by atomic mass is 16.5. The van der Waals surface area contributed by atoms with Crippen molar-refractivity contribution in [2.45, 2.75) is 39.2 Å². The molecule has 0 radical (unpaired) electrons. The van der Waals surface area contributed by atoms with Crippen LogP contribution in [0.5, 0.6) is 5.75 Å². The van der Waals surface area contributed by atoms with Gasteiger partial charge in [0.25, 0.3) is 0 Å². The lowest BCUT2D eigenvalue weighted by Crippen LogP contribution is -2.43. The van der Waals surface area contributed by atoms with Crippen LogP contribution in [0.4, 0.5) is 0 Å². The van der Waals surface area contributed by atoms with E-state index in [1.54, 1.807) is 7.11 Å². The highest BCUT2D eigenvalue weighted by Crippen LogP contribution is 2.21. The lowest BCUT2D eigenvalue weighted by atomic mass is 9.96. The molecule has 1 aromatic rings. The molecule has 26 heavy (non-hydrogen) atoms. The molecular formula is C21H34N4O. The van der Waals surface area contributed by atoms with Crippen LogP contribution >= 0.6 is 0 Å². The summed E-state index contributed by atoms with van der Waals surface area (Å²) in [6.45, 7) is 8.65. The summed E-state index contributed by atoms with van der Waals surface area (Å²) in [6, 6.07) is 8.41. The molecule has 1 aromatic carbocycles. The molecule has 0 unspecified atom stereocenters. The summed E-state index contributed by atoms with van der Waals surface area (Å²) in [4.78, 5) is 9.51. The number of likely N-dealkylation sites (tertiary alicyclic amines) is 2. The van der Waals surface area contributed by atoms with Crippen molar-refractivity contribution < 1.29 is 4.74 Å². The summed E-state index contributed by atoms with van der Waals surface area (Å²) in [5.41, 5.74) is 7.57. The Labute approximate surface area is 158 Å². The minimum Gasteiger partial charge on any atom is -0.497 e. The van der Waals surface area contributed by atoms with Crippen molar-refractivity contribution in [1.82, 2.24) is 9.80 Å². The van der Waals surface area contributed by atoms with Crippen molar-refractivity contribution in [2.75, 3.05) is 39.8 Å². The van der Waals surface area contributed by atoms with Crippen molar-refractivity contribution in [1.29, 1.82) is 0 Å². The van der Waals surface area contributed by atoms with Gasteiger partial charge >= 0.3 is 0 Å². The predicted octanol–water partition coefficient (Wildman–Crippen LogP) is 2.95. The second-order valence-electron chi connectivity index (χ2n) is 7.94. The molecule has 2 aliphatic rings. The van der Waals surface area contributed by atoms with Crippen molar-refractivity contribution in [3.63, 3.8) is 0 Å². The summed E-state index contributed by atoms with van der Waals surface area (Å²) in [5, 5.41) is 0. The number of aliphatic imine (C=N–C) groups is 1. The van der Waals surface area contributed by atoms with Gasteiger partial charge in [-0.25, -0.2) is 0 Å². The smallest absolute Gasteiger partial charge is 0.191 e. The molecule has 2 fully saturated rings. The molecule has 2 aliphatic heterocycles. The fourth-order valence-corrected chi connectivity index (χ4v) is 3.88. The van der Waals surface area contributed by atoms with Crippen molar-refractivity contribution in [2.24, 2.45) is 22.6 Å². The third-order valence-corrected chi connectivity index (χ3v) is 5.89. The largest absolute Gasteiger partial charge is 0.497 e. The van der Waals surface area contributed by atoms with Gasteiger partial charge in [-0.05, 0) is 68.3 Å². The van der Waals surface area contributed by atoms with Gasteiger partial charge in [-0.1, -0.05) is 19.1 Å². The number of hydrogen-bond donors (Lipinski definition) is 1. The maximum atomic E-state index is 6.22. The first-order chi connectivity index (χ1) is 12.6. The summed E-state index contributed by atoms with van der Waals surface area (Å²) < 4.78 is 5.23. The molecule has 0 atom stereocenters. The highest BCUT2D eigenvalue weighted by molar-refractivity contribution is 5.78. The first-order valence-corrected chi connectivity index (χ1v) is 10.0. The quantitative estimate of drug-likeness (QED) is 0.649. The monoisotopic (exact) mass is 358 g/mol. The van der Waals surface area contributed by atoms with Crippen molar-refractivity contribution in [3.8, 4) is 5.75 Å². The molecule has 3 rings (SSSR count). The molecule has 5 heteroatoms. The topological polar surface area (TPSA) is 54.1 Å². The minimum atomic E-state index is 0.671. The van der Waals surface area contributed by atoms with Gasteiger partial charge in [0.05, 0.1) is 7.11 Å². The van der Waals surface area contributed by atoms with E-state index in [0.717, 1.165) is 56.9 Å². The number of nitrogens with zero attached hydrogens (tertiary/aromatic N) is 3. The molecule has 2 saturated heterocycles. The Kier molecular flexibility index (Phi) is 6.78. The van der Waals surface area contributed by atoms with Crippen LogP contribution in [-0.2, 0) is 6.54 Å². The molecule has 0 bridgehead atoms. The molecule has 2 N–H and O–H groups in total. The molecule has 0 amide bonds. The standard InChI is InChI=1S/C21H34N4O/c1-17-7-13-25(14-8-17)21(22)23-15-18-9-11-24(12-10-18)16-19-3-5-20(26-2)6-4-19/h3-6,17-18H,7-16H2,1-2H3,(H2,22,23). The molecule has 2 heterocycles. The highest BCUT2D eigenvalue weighted by Gasteiger charge is 2.20. The number of hydrogen-bond acceptors (Lipinski definition) is 3. The van der Waals surface area contributed by atoms with Crippen LogP contribution in [-0.4, -0.2) is 55.6 Å². The van der Waals surface area contributed by atoms with Crippen molar-refractivity contribution in [3.05, 3.63) is 29.8 Å². The second-order valence-corrected chi connectivity index (χ2v) is 7.94. The number of guanidine groups is 1. The zero-order chi connectivity index (χ0) is 18.4. The summed E-state index contributed by atoms with van der Waals surface area (Å²) in [7, 11) is 1.71. The summed E-state index contributed by atoms with van der Waals surface area (Å²) in [5.74, 6) is 3.18. The van der Waals surface area contributed by atoms with Gasteiger partial charge in [-0.15, -0.1) is 0 Å². The Morgan fingerprint density at radius 3 is 2.35 bits per heavy atom. The lowest BCUT2D eigenvalue weighted by Gasteiger charge is -2.33. The third kappa shape index (κ3) is 5.37. The van der Waals surface area contributed by atoms with E-state index < -0.39 is 0 Å². The van der Waals surface area contributed by atoms with Gasteiger partial charge in [0.2, 0.25) is 0 Å². The Bertz CT molecular complexity index is 570. The molecule has 0 saturated carbocycles. The fourth-order valence-electron chi connectivity index (χ4n) is 3.88. The van der Waals surface area contributed by atoms with E-state index in [9.17, 15) is 0 Å². The number of piperidine rings is 2. The van der Waals surface area contributed by atoms with Crippen LogP contribution in [0.25, 0.3) is 0 Å². The van der Waals surface area contributed by atoms with Gasteiger partial charge in [-0.2, -0.15) is 0 Å². The first-order valence-electron chi connectivity index (χ1n) is 10.0. The Hall–Kier alpha value is -1.75. The number of ether oxygens (including phenoxy) is 1. The SMILES string of the molecule is COc1ccc(CN2CCC(CN=C(N)N3CCC(C)CC3)CC2)cc1. The van der Waals surface area contributed by atoms with E-state index in [-0.39, 0.29) is 0 Å². The number of nitrogens with two attached hydrogens (primary N) is 1. The van der Waals surface area contributed by atoms with E-state index >= 15 is 0 Å². The lowest BCUT2D eigenvalue weighted by molar-refractivity contribution is 0.180. The zero-order valence-corrected chi connectivity index (χ0v) is 16.4. The first kappa shape index (κ1) is 19.0. The van der Waals surface area contributed by atoms with Crippen LogP contribution < -0.4 is 10.5 Å². The molecule has 0 spiro atoms. The van der Waals surface area contributed by atoms with Crippen LogP contribution in [0, 0.1) is 11.8 Å². The van der Waals surface area contributed by atoms with E-state index in [4.69, 9.17) is 15.5 Å². The molecular weight excluding hydrogens is 324 g/mol. The van der Waals surface area contributed by atoms with Crippen LogP contribution in [0.3, 0.4) is 0 Å². The maximum Gasteiger partial charge on any atom is 0.191 e. The Balaban J connectivity index is 1.39. The average molecular weight is 359 g/mol. The van der Waals surface area contributed by atoms with Crippen LogP contribution in [0.15, 0.2) is 29.3 Å². The van der Waals surface area contributed by atoms with Gasteiger partial charge in [0, 0.05) is 26.2 Å². The summed E-state index contributed by atoms with van der Waals surface area (Å²) >= 11 is 0. The Morgan fingerprint density at radius 1 is 1.08 bits per heavy atom. The zero-order valence-electron chi connectivity index (χ0n) is 16.4. The maximum absolute atomic E-state index is 6.22. The number of benzene rings is 1. The van der Waals surface area contributed by atoms with E-state index in [1.807, 2.05) is 12.1 Å². The van der Waals surface area contributed by atoms with Crippen LogP contribution in [0.2, 0.25) is 0 Å². The minimum absolute atomic E-state index is 0.671. The number of rotatable bonds is 5.